The van der Waals surface area contributed by atoms with Gasteiger partial charge < -0.3 is 0 Å². The minimum Gasteiger partial charge on any atom is -0.0616 e. The molecule has 0 spiro atoms. The van der Waals surface area contributed by atoms with Crippen LogP contribution in [-0.2, 0) is 0 Å². The van der Waals surface area contributed by atoms with Gasteiger partial charge in [-0.05, 0) is 190 Å². The molecular weight excluding hydrogens is 817 g/mol. The molecule has 0 heterocycles. The van der Waals surface area contributed by atoms with E-state index < -0.39 is 0 Å². The van der Waals surface area contributed by atoms with Crippen molar-refractivity contribution in [1.29, 1.82) is 0 Å². The molecule has 0 aliphatic rings. The number of hydrogen-bond acceptors (Lipinski definition) is 0. The van der Waals surface area contributed by atoms with E-state index in [0.29, 0.717) is 0 Å². The first-order chi connectivity index (χ1) is 33.7. The van der Waals surface area contributed by atoms with E-state index >= 15 is 0 Å². The summed E-state index contributed by atoms with van der Waals surface area (Å²) in [5, 5.41) is 20.2. The highest BCUT2D eigenvalue weighted by Crippen LogP contribution is 2.45. The van der Waals surface area contributed by atoms with Crippen molar-refractivity contribution in [2.45, 2.75) is 0 Å². The molecule has 0 aromatic heterocycles. The highest BCUT2D eigenvalue weighted by molar-refractivity contribution is 6.22. The van der Waals surface area contributed by atoms with E-state index in [0.717, 1.165) is 0 Å². The second-order valence-electron chi connectivity index (χ2n) is 18.4. The van der Waals surface area contributed by atoms with Crippen molar-refractivity contribution in [3.63, 3.8) is 0 Å². The Labute approximate surface area is 394 Å². The Bertz CT molecular complexity index is 4380. The summed E-state index contributed by atoms with van der Waals surface area (Å²) in [5.41, 5.74) is 12.3. The van der Waals surface area contributed by atoms with E-state index in [2.05, 4.69) is 255 Å². The molecule has 0 saturated heterocycles. The minimum atomic E-state index is 1.20. The number of fused-ring (bicyclic) bond motifs is 11. The van der Waals surface area contributed by atoms with Crippen LogP contribution in [0.1, 0.15) is 0 Å². The van der Waals surface area contributed by atoms with E-state index in [1.165, 1.54) is 142 Å². The summed E-state index contributed by atoms with van der Waals surface area (Å²) >= 11 is 0. The average Bonchev–Trinajstić information content (AvgIpc) is 3.41. The Morgan fingerprint density at radius 2 is 0.515 bits per heavy atom. The molecule has 0 amide bonds. The molecule has 0 fully saturated rings. The standard InChI is InChI=1S/C68H42/c1-4-22-54-49(15-1)40-64(61-28-10-7-25-58(54)61)47-20-13-18-43(35-47)45-33-34-57-53(37-45)38-52-32-31-46(39-66(52)68(57)67-42-51-17-3-6-24-56(51)60-27-9-12-30-63(60)67)44-19-14-21-48(36-44)65-41-50-16-2-5-23-55(50)59-26-8-11-29-62(59)65/h1-42H. The van der Waals surface area contributed by atoms with Crippen LogP contribution in [0.5, 0.6) is 0 Å². The Hall–Kier alpha value is -8.84. The van der Waals surface area contributed by atoms with Gasteiger partial charge in [-0.25, -0.2) is 0 Å². The molecule has 0 unspecified atom stereocenters. The predicted octanol–water partition coefficient (Wildman–Crippen LogP) is 19.2. The highest BCUT2D eigenvalue weighted by Gasteiger charge is 2.18. The summed E-state index contributed by atoms with van der Waals surface area (Å²) in [4.78, 5) is 0. The Morgan fingerprint density at radius 3 is 1.03 bits per heavy atom. The zero-order chi connectivity index (χ0) is 44.7. The second-order valence-corrected chi connectivity index (χ2v) is 18.4. The number of rotatable bonds is 5. The smallest absolute Gasteiger partial charge is 0.00201 e. The van der Waals surface area contributed by atoms with Gasteiger partial charge in [0.2, 0.25) is 0 Å². The largest absolute Gasteiger partial charge is 0.0616 e. The zero-order valence-corrected chi connectivity index (χ0v) is 37.2. The molecule has 0 atom stereocenters. The van der Waals surface area contributed by atoms with Gasteiger partial charge in [0.25, 0.3) is 0 Å². The lowest BCUT2D eigenvalue weighted by atomic mass is 9.85. The van der Waals surface area contributed by atoms with Gasteiger partial charge >= 0.3 is 0 Å². The maximum absolute atomic E-state index is 2.44. The van der Waals surface area contributed by atoms with Gasteiger partial charge in [0, 0.05) is 0 Å². The van der Waals surface area contributed by atoms with Gasteiger partial charge in [0.15, 0.2) is 0 Å². The van der Waals surface area contributed by atoms with Gasteiger partial charge in [-0.1, -0.05) is 206 Å². The minimum absolute atomic E-state index is 1.20. The van der Waals surface area contributed by atoms with Crippen LogP contribution >= 0.6 is 0 Å². The molecule has 14 rings (SSSR count). The molecular formula is C68H42. The topological polar surface area (TPSA) is 0 Å². The summed E-state index contributed by atoms with van der Waals surface area (Å²) < 4.78 is 0. The quantitative estimate of drug-likeness (QED) is 0.119. The Kier molecular flexibility index (Phi) is 8.69. The molecule has 0 aliphatic heterocycles. The zero-order valence-electron chi connectivity index (χ0n) is 37.2. The molecule has 0 saturated carbocycles. The van der Waals surface area contributed by atoms with Crippen LogP contribution in [0.2, 0.25) is 0 Å². The van der Waals surface area contributed by atoms with Gasteiger partial charge in [-0.15, -0.1) is 0 Å². The van der Waals surface area contributed by atoms with Crippen molar-refractivity contribution < 1.29 is 0 Å². The van der Waals surface area contributed by atoms with Crippen LogP contribution in [0.4, 0.5) is 0 Å². The molecule has 314 valence electrons. The Morgan fingerprint density at radius 1 is 0.147 bits per heavy atom. The van der Waals surface area contributed by atoms with Crippen molar-refractivity contribution in [1.82, 2.24) is 0 Å². The van der Waals surface area contributed by atoms with E-state index in [-0.39, 0.29) is 0 Å². The molecule has 0 aliphatic carbocycles. The van der Waals surface area contributed by atoms with E-state index in [9.17, 15) is 0 Å². The monoisotopic (exact) mass is 858 g/mol. The van der Waals surface area contributed by atoms with Crippen LogP contribution in [-0.4, -0.2) is 0 Å². The van der Waals surface area contributed by atoms with E-state index in [1.54, 1.807) is 0 Å². The fraction of sp³-hybridized carbons (Fsp3) is 0. The first kappa shape index (κ1) is 38.4. The lowest BCUT2D eigenvalue weighted by Gasteiger charge is -2.18. The lowest BCUT2D eigenvalue weighted by Crippen LogP contribution is -1.91. The number of hydrogen-bond donors (Lipinski definition) is 0. The third-order valence-corrected chi connectivity index (χ3v) is 14.5. The van der Waals surface area contributed by atoms with Crippen LogP contribution in [0.15, 0.2) is 255 Å². The SMILES string of the molecule is c1cc(-c2ccc3c(-c4cc5ccccc5c5ccccc45)c4cc(-c5cccc(-c6cc7ccccc7c7ccccc67)c5)ccc4cc3c2)cc(-c2cc3ccccc3c3ccccc23)c1. The first-order valence-electron chi connectivity index (χ1n) is 23.6. The third kappa shape index (κ3) is 6.15. The molecule has 68 heavy (non-hydrogen) atoms. The molecule has 0 heteroatoms. The van der Waals surface area contributed by atoms with Gasteiger partial charge in [0.05, 0.1) is 0 Å². The summed E-state index contributed by atoms with van der Waals surface area (Å²) in [6, 6.07) is 94.9. The fourth-order valence-electron chi connectivity index (χ4n) is 11.4. The summed E-state index contributed by atoms with van der Waals surface area (Å²) in [6.07, 6.45) is 0. The maximum atomic E-state index is 2.44. The molecule has 0 bridgehead atoms. The molecule has 0 nitrogen and oxygen atoms in total. The van der Waals surface area contributed by atoms with Crippen LogP contribution in [0.3, 0.4) is 0 Å². The summed E-state index contributed by atoms with van der Waals surface area (Å²) in [6.45, 7) is 0. The van der Waals surface area contributed by atoms with Gasteiger partial charge in [-0.3, -0.25) is 0 Å². The van der Waals surface area contributed by atoms with Crippen LogP contribution < -0.4 is 0 Å². The molecule has 0 N–H and O–H groups in total. The molecule has 14 aromatic carbocycles. The second kappa shape index (κ2) is 15.4. The van der Waals surface area contributed by atoms with E-state index in [1.807, 2.05) is 0 Å². The van der Waals surface area contributed by atoms with Crippen LogP contribution in [0, 0.1) is 0 Å². The summed E-state index contributed by atoms with van der Waals surface area (Å²) in [5.74, 6) is 0. The van der Waals surface area contributed by atoms with E-state index in [4.69, 9.17) is 0 Å². The third-order valence-electron chi connectivity index (χ3n) is 14.5. The summed E-state index contributed by atoms with van der Waals surface area (Å²) in [7, 11) is 0. The normalized spacial score (nSPS) is 11.8. The van der Waals surface area contributed by atoms with Crippen molar-refractivity contribution in [3.05, 3.63) is 255 Å². The van der Waals surface area contributed by atoms with Crippen molar-refractivity contribution in [2.24, 2.45) is 0 Å². The lowest BCUT2D eigenvalue weighted by molar-refractivity contribution is 1.62. The molecule has 14 aromatic rings. The average molecular weight is 859 g/mol. The maximum Gasteiger partial charge on any atom is -0.00201 e. The molecule has 0 radical (unpaired) electrons. The Balaban J connectivity index is 0.966. The van der Waals surface area contributed by atoms with Gasteiger partial charge in [0.1, 0.15) is 0 Å². The van der Waals surface area contributed by atoms with Crippen molar-refractivity contribution >= 4 is 86.2 Å². The van der Waals surface area contributed by atoms with Gasteiger partial charge in [-0.2, -0.15) is 0 Å². The fourth-order valence-corrected chi connectivity index (χ4v) is 11.4. The highest BCUT2D eigenvalue weighted by atomic mass is 14.2. The predicted molar refractivity (Wildman–Crippen MR) is 294 cm³/mol. The first-order valence-corrected chi connectivity index (χ1v) is 23.6. The van der Waals surface area contributed by atoms with Crippen molar-refractivity contribution in [3.8, 4) is 55.6 Å². The van der Waals surface area contributed by atoms with Crippen LogP contribution in [0.25, 0.3) is 142 Å². The van der Waals surface area contributed by atoms with Crippen molar-refractivity contribution in [2.75, 3.05) is 0 Å². The number of benzene rings is 14.